The van der Waals surface area contributed by atoms with Gasteiger partial charge in [-0.1, -0.05) is 17.7 Å². The fourth-order valence-electron chi connectivity index (χ4n) is 6.36. The summed E-state index contributed by atoms with van der Waals surface area (Å²) >= 11 is 0. The quantitative estimate of drug-likeness (QED) is 0.153. The summed E-state index contributed by atoms with van der Waals surface area (Å²) in [5.74, 6) is -0.635. The summed E-state index contributed by atoms with van der Waals surface area (Å²) in [6.07, 6.45) is 10.8. The van der Waals surface area contributed by atoms with Crippen molar-refractivity contribution in [2.45, 2.75) is 102 Å². The van der Waals surface area contributed by atoms with E-state index in [0.29, 0.717) is 29.6 Å². The third-order valence-corrected chi connectivity index (χ3v) is 10.8. The van der Waals surface area contributed by atoms with E-state index in [4.69, 9.17) is 19.9 Å². The lowest BCUT2D eigenvalue weighted by molar-refractivity contribution is -0.137. The smallest absolute Gasteiger partial charge is 0.410 e. The standard InChI is InChI=1S/C37H43N7O6S/c1-23-8-14-27(15-9-23)51(48,49)44-21-30(31-20-42(16-6-7-33(45)46)40-34(31)24-10-11-24)28-17-25(18-38-35(28)44)29-19-41(5)39-32(29)22-43(26-12-13-26)36(47)50-37(2,3)4/h8-9,14-15,17-21,24,26H,6-7,10-13,16,22H2,1-5H3,(H,45,46). The van der Waals surface area contributed by atoms with Crippen LogP contribution in [0.3, 0.4) is 0 Å². The van der Waals surface area contributed by atoms with Crippen molar-refractivity contribution in [3.63, 3.8) is 0 Å². The summed E-state index contributed by atoms with van der Waals surface area (Å²) in [7, 11) is -2.22. The lowest BCUT2D eigenvalue weighted by atomic mass is 10.0. The van der Waals surface area contributed by atoms with Crippen LogP contribution < -0.4 is 0 Å². The second kappa shape index (κ2) is 13.0. The van der Waals surface area contributed by atoms with E-state index in [9.17, 15) is 23.1 Å². The molecule has 0 radical (unpaired) electrons. The van der Waals surface area contributed by atoms with E-state index < -0.39 is 21.6 Å². The normalized spacial score (nSPS) is 15.0. The van der Waals surface area contributed by atoms with E-state index in [1.54, 1.807) is 50.9 Å². The minimum atomic E-state index is -4.04. The molecule has 2 aliphatic carbocycles. The molecule has 1 amide bonds. The maximum absolute atomic E-state index is 14.2. The number of carboxylic acid groups (broad SMARTS) is 1. The molecule has 1 aromatic carbocycles. The number of carbonyl (C=O) groups excluding carboxylic acids is 1. The molecule has 0 aliphatic heterocycles. The number of carbonyl (C=O) groups is 2. The van der Waals surface area contributed by atoms with Crippen LogP contribution >= 0.6 is 0 Å². The number of nitrogens with zero attached hydrogens (tertiary/aromatic N) is 7. The highest BCUT2D eigenvalue weighted by atomic mass is 32.2. The van der Waals surface area contributed by atoms with Gasteiger partial charge >= 0.3 is 12.1 Å². The molecule has 1 N–H and O–H groups in total. The number of ether oxygens (including phenoxy) is 1. The molecule has 14 heteroatoms. The zero-order chi connectivity index (χ0) is 36.2. The number of hydrogen-bond acceptors (Lipinski definition) is 8. The van der Waals surface area contributed by atoms with Gasteiger partial charge in [-0.2, -0.15) is 10.2 Å². The Labute approximate surface area is 296 Å². The van der Waals surface area contributed by atoms with Crippen LogP contribution in [0.1, 0.15) is 82.2 Å². The molecule has 7 rings (SSSR count). The van der Waals surface area contributed by atoms with E-state index in [2.05, 4.69) is 0 Å². The molecule has 0 atom stereocenters. The van der Waals surface area contributed by atoms with Crippen LogP contribution in [0.15, 0.2) is 60.0 Å². The number of fused-ring (bicyclic) bond motifs is 1. The van der Waals surface area contributed by atoms with Crippen LogP contribution in [0.4, 0.5) is 4.79 Å². The summed E-state index contributed by atoms with van der Waals surface area (Å²) < 4.78 is 38.8. The predicted molar refractivity (Wildman–Crippen MR) is 191 cm³/mol. The minimum Gasteiger partial charge on any atom is -0.481 e. The first-order valence-corrected chi connectivity index (χ1v) is 18.8. The molecule has 2 aliphatic rings. The third-order valence-electron chi connectivity index (χ3n) is 9.16. The second-order valence-corrected chi connectivity index (χ2v) is 16.5. The van der Waals surface area contributed by atoms with Gasteiger partial charge in [0.2, 0.25) is 0 Å². The first-order valence-electron chi connectivity index (χ1n) is 17.3. The molecule has 0 bridgehead atoms. The van der Waals surface area contributed by atoms with Gasteiger partial charge in [0.25, 0.3) is 10.0 Å². The van der Waals surface area contributed by atoms with Gasteiger partial charge in [-0.15, -0.1) is 0 Å². The number of rotatable bonds is 12. The summed E-state index contributed by atoms with van der Waals surface area (Å²) in [6, 6.07) is 8.74. The fourth-order valence-corrected chi connectivity index (χ4v) is 7.68. The van der Waals surface area contributed by atoms with Gasteiger partial charge in [0.05, 0.1) is 22.8 Å². The Bertz CT molecular complexity index is 2240. The van der Waals surface area contributed by atoms with Gasteiger partial charge in [-0.05, 0) is 78.0 Å². The molecule has 268 valence electrons. The molecule has 51 heavy (non-hydrogen) atoms. The number of benzene rings is 1. The summed E-state index contributed by atoms with van der Waals surface area (Å²) in [4.78, 5) is 31.1. The van der Waals surface area contributed by atoms with E-state index in [1.165, 1.54) is 3.97 Å². The van der Waals surface area contributed by atoms with Crippen molar-refractivity contribution in [1.82, 2.24) is 33.4 Å². The molecule has 2 saturated carbocycles. The zero-order valence-corrected chi connectivity index (χ0v) is 30.4. The van der Waals surface area contributed by atoms with Gasteiger partial charge in [0.1, 0.15) is 5.60 Å². The number of carboxylic acids is 1. The van der Waals surface area contributed by atoms with E-state index >= 15 is 0 Å². The Morgan fingerprint density at radius 2 is 1.73 bits per heavy atom. The Hall–Kier alpha value is -4.98. The molecule has 4 heterocycles. The number of hydrogen-bond donors (Lipinski definition) is 1. The lowest BCUT2D eigenvalue weighted by Gasteiger charge is -2.27. The number of aryl methyl sites for hydroxylation is 3. The minimum absolute atomic E-state index is 0.0227. The van der Waals surface area contributed by atoms with Gasteiger partial charge in [0.15, 0.2) is 5.65 Å². The van der Waals surface area contributed by atoms with Crippen molar-refractivity contribution in [2.24, 2.45) is 7.05 Å². The van der Waals surface area contributed by atoms with E-state index in [1.807, 2.05) is 53.2 Å². The molecular formula is C37H43N7O6S. The highest BCUT2D eigenvalue weighted by Gasteiger charge is 2.37. The predicted octanol–water partition coefficient (Wildman–Crippen LogP) is 6.49. The van der Waals surface area contributed by atoms with Crippen molar-refractivity contribution < 1.29 is 27.9 Å². The molecule has 0 spiro atoms. The van der Waals surface area contributed by atoms with Crippen LogP contribution in [0.25, 0.3) is 33.3 Å². The summed E-state index contributed by atoms with van der Waals surface area (Å²) in [5, 5.41) is 19.4. The first kappa shape index (κ1) is 34.5. The molecular weight excluding hydrogens is 671 g/mol. The monoisotopic (exact) mass is 713 g/mol. The fraction of sp³-hybridized carbons (Fsp3) is 0.432. The first-order chi connectivity index (χ1) is 24.2. The van der Waals surface area contributed by atoms with Crippen LogP contribution in [0.2, 0.25) is 0 Å². The molecule has 13 nitrogen and oxygen atoms in total. The van der Waals surface area contributed by atoms with Gasteiger partial charge in [0, 0.05) is 84.4 Å². The average molecular weight is 714 g/mol. The second-order valence-electron chi connectivity index (χ2n) is 14.7. The van der Waals surface area contributed by atoms with E-state index in [0.717, 1.165) is 53.6 Å². The Morgan fingerprint density at radius 3 is 2.37 bits per heavy atom. The average Bonchev–Trinajstić information content (AvgIpc) is 3.97. The van der Waals surface area contributed by atoms with Crippen LogP contribution in [-0.2, 0) is 39.7 Å². The van der Waals surface area contributed by atoms with Crippen molar-refractivity contribution in [3.8, 4) is 22.3 Å². The van der Waals surface area contributed by atoms with Crippen molar-refractivity contribution in [1.29, 1.82) is 0 Å². The van der Waals surface area contributed by atoms with Gasteiger partial charge < -0.3 is 9.84 Å². The lowest BCUT2D eigenvalue weighted by Crippen LogP contribution is -2.38. The van der Waals surface area contributed by atoms with Gasteiger partial charge in [-0.25, -0.2) is 22.2 Å². The largest absolute Gasteiger partial charge is 0.481 e. The molecule has 0 saturated heterocycles. The third kappa shape index (κ3) is 7.27. The van der Waals surface area contributed by atoms with Crippen LogP contribution in [0.5, 0.6) is 0 Å². The maximum Gasteiger partial charge on any atom is 0.410 e. The number of pyridine rings is 1. The van der Waals surface area contributed by atoms with Crippen molar-refractivity contribution in [3.05, 3.63) is 72.1 Å². The number of aliphatic carboxylic acids is 1. The van der Waals surface area contributed by atoms with E-state index in [-0.39, 0.29) is 41.6 Å². The van der Waals surface area contributed by atoms with Crippen molar-refractivity contribution >= 4 is 33.1 Å². The molecule has 0 unspecified atom stereocenters. The van der Waals surface area contributed by atoms with Crippen molar-refractivity contribution in [2.75, 3.05) is 0 Å². The SMILES string of the molecule is Cc1ccc(S(=O)(=O)n2cc(-c3cn(CCCC(=O)O)nc3C3CC3)c3cc(-c4cn(C)nc4CN(C(=O)OC(C)(C)C)C4CC4)cnc32)cc1. The highest BCUT2D eigenvalue weighted by Crippen LogP contribution is 2.46. The topological polar surface area (TPSA) is 154 Å². The number of amides is 1. The highest BCUT2D eigenvalue weighted by molar-refractivity contribution is 7.90. The molecule has 5 aromatic rings. The summed E-state index contributed by atoms with van der Waals surface area (Å²) in [6.45, 7) is 8.11. The Kier molecular flexibility index (Phi) is 8.76. The summed E-state index contributed by atoms with van der Waals surface area (Å²) in [5.41, 5.74) is 5.07. The van der Waals surface area contributed by atoms with Crippen LogP contribution in [-0.4, -0.2) is 70.6 Å². The number of aromatic nitrogens is 6. The van der Waals surface area contributed by atoms with Gasteiger partial charge in [-0.3, -0.25) is 19.1 Å². The molecule has 4 aromatic heterocycles. The maximum atomic E-state index is 14.2. The van der Waals surface area contributed by atoms with Crippen LogP contribution in [0, 0.1) is 6.92 Å². The zero-order valence-electron chi connectivity index (χ0n) is 29.5. The Balaban J connectivity index is 1.35. The Morgan fingerprint density at radius 1 is 1.00 bits per heavy atom. The molecule has 2 fully saturated rings.